The van der Waals surface area contributed by atoms with E-state index in [0.29, 0.717) is 16.1 Å². The number of fused-ring (bicyclic) bond motifs is 1. The molecule has 0 aliphatic rings. The summed E-state index contributed by atoms with van der Waals surface area (Å²) < 4.78 is 1.73. The molecular weight excluding hydrogens is 396 g/mol. The fourth-order valence-electron chi connectivity index (χ4n) is 3.91. The third-order valence-corrected chi connectivity index (χ3v) is 5.70. The Hall–Kier alpha value is -2.92. The number of rotatable bonds is 2. The molecule has 1 N–H and O–H groups in total. The third kappa shape index (κ3) is 3.43. The van der Waals surface area contributed by atoms with Crippen molar-refractivity contribution in [1.82, 2.24) is 19.7 Å². The predicted octanol–water partition coefficient (Wildman–Crippen LogP) is 5.56. The number of pyridine rings is 2. The van der Waals surface area contributed by atoms with E-state index in [9.17, 15) is 4.79 Å². The first-order chi connectivity index (χ1) is 14.1. The molecule has 0 fully saturated rings. The van der Waals surface area contributed by atoms with Gasteiger partial charge in [-0.2, -0.15) is 5.10 Å². The predicted molar refractivity (Wildman–Crippen MR) is 123 cm³/mol. The van der Waals surface area contributed by atoms with Crippen LogP contribution >= 0.6 is 11.6 Å². The van der Waals surface area contributed by atoms with Crippen LogP contribution in [0.5, 0.6) is 0 Å². The van der Waals surface area contributed by atoms with E-state index < -0.39 is 0 Å². The molecule has 3 heterocycles. The maximum atomic E-state index is 13.2. The summed E-state index contributed by atoms with van der Waals surface area (Å²) in [7, 11) is 1.86. The molecule has 0 radical (unpaired) electrons. The Labute approximate surface area is 180 Å². The van der Waals surface area contributed by atoms with Gasteiger partial charge in [-0.15, -0.1) is 0 Å². The van der Waals surface area contributed by atoms with Crippen molar-refractivity contribution >= 4 is 22.5 Å². The standard InChI is InChI=1S/C24H25ClN4O/c1-13-9-16(24(3,4)5)17(25)10-15(13)19-11-20(30)21-18(27-19)7-8-26-23(21)22-14(2)12-29(6)28-22/h7-12H,1-6H3,(H,27,30). The number of hydrogen-bond acceptors (Lipinski definition) is 3. The van der Waals surface area contributed by atoms with Crippen molar-refractivity contribution in [3.8, 4) is 22.6 Å². The molecule has 30 heavy (non-hydrogen) atoms. The molecule has 0 saturated carbocycles. The Kier molecular flexibility index (Phi) is 4.82. The summed E-state index contributed by atoms with van der Waals surface area (Å²) in [5.41, 5.74) is 6.66. The summed E-state index contributed by atoms with van der Waals surface area (Å²) in [6.07, 6.45) is 3.62. The Morgan fingerprint density at radius 2 is 1.80 bits per heavy atom. The Morgan fingerprint density at radius 1 is 1.07 bits per heavy atom. The van der Waals surface area contributed by atoms with Gasteiger partial charge in [-0.1, -0.05) is 38.4 Å². The highest BCUT2D eigenvalue weighted by Gasteiger charge is 2.20. The van der Waals surface area contributed by atoms with Crippen LogP contribution in [0.3, 0.4) is 0 Å². The largest absolute Gasteiger partial charge is 0.354 e. The minimum atomic E-state index is -0.0951. The van der Waals surface area contributed by atoms with E-state index in [1.165, 1.54) is 0 Å². The summed E-state index contributed by atoms with van der Waals surface area (Å²) in [4.78, 5) is 21.1. The van der Waals surface area contributed by atoms with Gasteiger partial charge in [0.25, 0.3) is 0 Å². The highest BCUT2D eigenvalue weighted by atomic mass is 35.5. The van der Waals surface area contributed by atoms with E-state index in [1.807, 2.05) is 39.2 Å². The van der Waals surface area contributed by atoms with Crippen LogP contribution in [-0.2, 0) is 12.5 Å². The zero-order chi connectivity index (χ0) is 21.8. The summed E-state index contributed by atoms with van der Waals surface area (Å²) in [6.45, 7) is 10.4. The molecule has 0 spiro atoms. The summed E-state index contributed by atoms with van der Waals surface area (Å²) in [5, 5.41) is 5.73. The summed E-state index contributed by atoms with van der Waals surface area (Å²) in [5.74, 6) is 0. The number of benzene rings is 1. The number of halogens is 1. The van der Waals surface area contributed by atoms with E-state index in [-0.39, 0.29) is 10.8 Å². The normalized spacial score (nSPS) is 12.0. The van der Waals surface area contributed by atoms with Crippen molar-refractivity contribution in [2.24, 2.45) is 7.05 Å². The minimum Gasteiger partial charge on any atom is -0.354 e. The molecule has 0 atom stereocenters. The molecule has 0 amide bonds. The molecule has 154 valence electrons. The SMILES string of the molecule is Cc1cc(C(C)(C)C)c(Cl)cc1-c1cc(=O)c2c(-c3nn(C)cc3C)nccc2[nH]1. The van der Waals surface area contributed by atoms with Crippen molar-refractivity contribution in [3.63, 3.8) is 0 Å². The van der Waals surface area contributed by atoms with Crippen molar-refractivity contribution in [1.29, 1.82) is 0 Å². The molecule has 0 aliphatic carbocycles. The van der Waals surface area contributed by atoms with E-state index in [1.54, 1.807) is 16.9 Å². The van der Waals surface area contributed by atoms with Gasteiger partial charge < -0.3 is 4.98 Å². The Balaban J connectivity index is 1.93. The molecule has 0 bridgehead atoms. The van der Waals surface area contributed by atoms with E-state index in [0.717, 1.165) is 39.2 Å². The van der Waals surface area contributed by atoms with E-state index in [4.69, 9.17) is 11.6 Å². The molecule has 0 unspecified atom stereocenters. The highest BCUT2D eigenvalue weighted by molar-refractivity contribution is 6.31. The van der Waals surface area contributed by atoms with Crippen molar-refractivity contribution in [2.45, 2.75) is 40.0 Å². The number of aromatic nitrogens is 4. The number of nitrogens with one attached hydrogen (secondary N) is 1. The second kappa shape index (κ2) is 7.10. The lowest BCUT2D eigenvalue weighted by atomic mass is 9.85. The van der Waals surface area contributed by atoms with Crippen LogP contribution in [0.1, 0.15) is 37.5 Å². The number of H-pyrrole nitrogens is 1. The molecule has 0 saturated heterocycles. The van der Waals surface area contributed by atoms with Crippen LogP contribution in [-0.4, -0.2) is 19.7 Å². The summed E-state index contributed by atoms with van der Waals surface area (Å²) in [6, 6.07) is 7.50. The molecular formula is C24H25ClN4O. The van der Waals surface area contributed by atoms with Crippen LogP contribution in [0.2, 0.25) is 5.02 Å². The molecule has 3 aromatic heterocycles. The van der Waals surface area contributed by atoms with Crippen LogP contribution < -0.4 is 5.43 Å². The molecule has 6 heteroatoms. The molecule has 5 nitrogen and oxygen atoms in total. The second-order valence-corrected chi connectivity index (χ2v) is 9.27. The lowest BCUT2D eigenvalue weighted by Crippen LogP contribution is -2.12. The number of aryl methyl sites for hydroxylation is 3. The molecule has 0 aliphatic heterocycles. The lowest BCUT2D eigenvalue weighted by Gasteiger charge is -2.22. The first-order valence-electron chi connectivity index (χ1n) is 9.90. The maximum Gasteiger partial charge on any atom is 0.192 e. The minimum absolute atomic E-state index is 0.0573. The maximum absolute atomic E-state index is 13.2. The smallest absolute Gasteiger partial charge is 0.192 e. The van der Waals surface area contributed by atoms with Crippen LogP contribution in [0.25, 0.3) is 33.5 Å². The van der Waals surface area contributed by atoms with E-state index >= 15 is 0 Å². The van der Waals surface area contributed by atoms with Crippen LogP contribution in [0, 0.1) is 13.8 Å². The number of hydrogen-bond donors (Lipinski definition) is 1. The number of nitrogens with zero attached hydrogens (tertiary/aromatic N) is 3. The Morgan fingerprint density at radius 3 is 2.43 bits per heavy atom. The van der Waals surface area contributed by atoms with E-state index in [2.05, 4.69) is 41.9 Å². The Bertz CT molecular complexity index is 1340. The van der Waals surface area contributed by atoms with Crippen molar-refractivity contribution < 1.29 is 0 Å². The monoisotopic (exact) mass is 420 g/mol. The van der Waals surface area contributed by atoms with Crippen LogP contribution in [0.15, 0.2) is 41.5 Å². The zero-order valence-electron chi connectivity index (χ0n) is 18.1. The average Bonchev–Trinajstić information content (AvgIpc) is 2.99. The first kappa shape index (κ1) is 20.4. The average molecular weight is 421 g/mol. The number of aromatic amines is 1. The van der Waals surface area contributed by atoms with Crippen molar-refractivity contribution in [2.75, 3.05) is 0 Å². The van der Waals surface area contributed by atoms with Gasteiger partial charge in [0.05, 0.1) is 16.6 Å². The van der Waals surface area contributed by atoms with Crippen molar-refractivity contribution in [3.05, 3.63) is 68.6 Å². The summed E-state index contributed by atoms with van der Waals surface area (Å²) >= 11 is 6.61. The molecule has 4 aromatic rings. The fraction of sp³-hybridized carbons (Fsp3) is 0.292. The quantitative estimate of drug-likeness (QED) is 0.461. The highest BCUT2D eigenvalue weighted by Crippen LogP contribution is 2.35. The van der Waals surface area contributed by atoms with Gasteiger partial charge in [-0.3, -0.25) is 14.5 Å². The van der Waals surface area contributed by atoms with Crippen LogP contribution in [0.4, 0.5) is 0 Å². The second-order valence-electron chi connectivity index (χ2n) is 8.86. The fourth-order valence-corrected chi connectivity index (χ4v) is 4.36. The van der Waals surface area contributed by atoms with Gasteiger partial charge in [-0.05, 0) is 48.1 Å². The zero-order valence-corrected chi connectivity index (χ0v) is 18.8. The van der Waals surface area contributed by atoms with Gasteiger partial charge in [0, 0.05) is 36.1 Å². The topological polar surface area (TPSA) is 63.6 Å². The van der Waals surface area contributed by atoms with Gasteiger partial charge in [0.15, 0.2) is 5.43 Å². The lowest BCUT2D eigenvalue weighted by molar-refractivity contribution is 0.590. The molecule has 4 rings (SSSR count). The van der Waals surface area contributed by atoms with Gasteiger partial charge in [-0.25, -0.2) is 0 Å². The van der Waals surface area contributed by atoms with Gasteiger partial charge in [0.1, 0.15) is 11.4 Å². The third-order valence-electron chi connectivity index (χ3n) is 5.39. The molecule has 1 aromatic carbocycles. The van der Waals surface area contributed by atoms with Gasteiger partial charge >= 0.3 is 0 Å². The first-order valence-corrected chi connectivity index (χ1v) is 10.3. The van der Waals surface area contributed by atoms with Gasteiger partial charge in [0.2, 0.25) is 0 Å².